The first-order valence-electron chi connectivity index (χ1n) is 6.13. The van der Waals surface area contributed by atoms with Crippen LogP contribution < -0.4 is 5.32 Å². The second-order valence-electron chi connectivity index (χ2n) is 4.76. The number of nitriles is 1. The van der Waals surface area contributed by atoms with Crippen LogP contribution in [-0.2, 0) is 11.3 Å². The smallest absolute Gasteiger partial charge is 0.129 e. The van der Waals surface area contributed by atoms with Crippen LogP contribution >= 0.6 is 0 Å². The first-order valence-corrected chi connectivity index (χ1v) is 6.13. The molecule has 4 heteroatoms. The minimum Gasteiger partial charge on any atom is -0.377 e. The van der Waals surface area contributed by atoms with Gasteiger partial charge in [-0.3, -0.25) is 0 Å². The Balaban J connectivity index is 1.89. The number of hydrogen-bond donors (Lipinski definition) is 1. The van der Waals surface area contributed by atoms with Crippen molar-refractivity contribution in [2.45, 2.75) is 31.4 Å². The molecular formula is C14H17FN2O. The van der Waals surface area contributed by atoms with Crippen molar-refractivity contribution in [1.29, 1.82) is 5.26 Å². The zero-order valence-corrected chi connectivity index (χ0v) is 10.5. The molecule has 0 radical (unpaired) electrons. The summed E-state index contributed by atoms with van der Waals surface area (Å²) in [5, 5.41) is 11.9. The van der Waals surface area contributed by atoms with Gasteiger partial charge in [0.1, 0.15) is 5.82 Å². The standard InChI is InChI=1S/C14H17FN2O/c1-18-14(5-2-6-14)10-17-9-12-4-3-11(8-16)7-13(12)15/h3-4,7,17H,2,5-6,9-10H2,1H3. The molecule has 1 aliphatic carbocycles. The number of ether oxygens (including phenoxy) is 1. The number of nitrogens with one attached hydrogen (secondary N) is 1. The van der Waals surface area contributed by atoms with Crippen molar-refractivity contribution in [3.05, 3.63) is 35.1 Å². The number of benzene rings is 1. The van der Waals surface area contributed by atoms with Crippen molar-refractivity contribution in [3.63, 3.8) is 0 Å². The molecule has 96 valence electrons. The van der Waals surface area contributed by atoms with Crippen LogP contribution in [0.5, 0.6) is 0 Å². The van der Waals surface area contributed by atoms with Gasteiger partial charge in [0.05, 0.1) is 17.2 Å². The Morgan fingerprint density at radius 1 is 1.50 bits per heavy atom. The van der Waals surface area contributed by atoms with Crippen LogP contribution in [-0.4, -0.2) is 19.3 Å². The van der Waals surface area contributed by atoms with Gasteiger partial charge in [0.2, 0.25) is 0 Å². The number of methoxy groups -OCH3 is 1. The maximum atomic E-state index is 13.6. The van der Waals surface area contributed by atoms with Gasteiger partial charge in [-0.15, -0.1) is 0 Å². The van der Waals surface area contributed by atoms with Gasteiger partial charge in [-0.25, -0.2) is 4.39 Å². The van der Waals surface area contributed by atoms with Gasteiger partial charge in [-0.2, -0.15) is 5.26 Å². The van der Waals surface area contributed by atoms with Gasteiger partial charge in [0.15, 0.2) is 0 Å². The normalized spacial score (nSPS) is 16.9. The summed E-state index contributed by atoms with van der Waals surface area (Å²) in [6.45, 7) is 1.20. The van der Waals surface area contributed by atoms with E-state index < -0.39 is 0 Å². The molecule has 0 amide bonds. The fraction of sp³-hybridized carbons (Fsp3) is 0.500. The molecule has 1 aliphatic rings. The highest BCUT2D eigenvalue weighted by Gasteiger charge is 2.36. The molecular weight excluding hydrogens is 231 g/mol. The van der Waals surface area contributed by atoms with Gasteiger partial charge in [0.25, 0.3) is 0 Å². The summed E-state index contributed by atoms with van der Waals surface area (Å²) in [7, 11) is 1.73. The fourth-order valence-corrected chi connectivity index (χ4v) is 2.21. The third kappa shape index (κ3) is 2.69. The van der Waals surface area contributed by atoms with E-state index in [0.29, 0.717) is 17.7 Å². The average Bonchev–Trinajstić information content (AvgIpc) is 2.34. The molecule has 0 heterocycles. The van der Waals surface area contributed by atoms with E-state index in [9.17, 15) is 4.39 Å². The number of nitrogens with zero attached hydrogens (tertiary/aromatic N) is 1. The Labute approximate surface area is 107 Å². The SMILES string of the molecule is COC1(CNCc2ccc(C#N)cc2F)CCC1. The molecule has 3 nitrogen and oxygen atoms in total. The lowest BCUT2D eigenvalue weighted by molar-refractivity contribution is -0.0695. The second kappa shape index (κ2) is 5.47. The molecule has 18 heavy (non-hydrogen) atoms. The Morgan fingerprint density at radius 2 is 2.28 bits per heavy atom. The Kier molecular flexibility index (Phi) is 3.95. The molecule has 1 fully saturated rings. The summed E-state index contributed by atoms with van der Waals surface area (Å²) in [4.78, 5) is 0. The first-order chi connectivity index (χ1) is 8.69. The highest BCUT2D eigenvalue weighted by molar-refractivity contribution is 5.32. The van der Waals surface area contributed by atoms with Gasteiger partial charge in [-0.1, -0.05) is 6.07 Å². The predicted molar refractivity (Wildman–Crippen MR) is 66.4 cm³/mol. The van der Waals surface area contributed by atoms with E-state index in [-0.39, 0.29) is 11.4 Å². The fourth-order valence-electron chi connectivity index (χ4n) is 2.21. The van der Waals surface area contributed by atoms with Crippen molar-refractivity contribution in [3.8, 4) is 6.07 Å². The Morgan fingerprint density at radius 3 is 2.78 bits per heavy atom. The summed E-state index contributed by atoms with van der Waals surface area (Å²) in [6.07, 6.45) is 3.32. The Bertz CT molecular complexity index is 458. The topological polar surface area (TPSA) is 45.0 Å². The van der Waals surface area contributed by atoms with Crippen LogP contribution in [0.2, 0.25) is 0 Å². The number of halogens is 1. The van der Waals surface area contributed by atoms with Crippen molar-refractivity contribution >= 4 is 0 Å². The van der Waals surface area contributed by atoms with Gasteiger partial charge >= 0.3 is 0 Å². The van der Waals surface area contributed by atoms with Crippen molar-refractivity contribution < 1.29 is 9.13 Å². The van der Waals surface area contributed by atoms with E-state index in [1.165, 1.54) is 12.5 Å². The third-order valence-electron chi connectivity index (χ3n) is 3.64. The van der Waals surface area contributed by atoms with E-state index in [1.54, 1.807) is 19.2 Å². The molecule has 0 spiro atoms. The van der Waals surface area contributed by atoms with E-state index in [4.69, 9.17) is 10.00 Å². The largest absolute Gasteiger partial charge is 0.377 e. The number of hydrogen-bond acceptors (Lipinski definition) is 3. The maximum Gasteiger partial charge on any atom is 0.129 e. The minimum absolute atomic E-state index is 0.0525. The van der Waals surface area contributed by atoms with E-state index in [0.717, 1.165) is 19.4 Å². The van der Waals surface area contributed by atoms with E-state index in [2.05, 4.69) is 5.32 Å². The van der Waals surface area contributed by atoms with Gasteiger partial charge in [-0.05, 0) is 31.4 Å². The summed E-state index contributed by atoms with van der Waals surface area (Å²) in [5.74, 6) is -0.332. The van der Waals surface area contributed by atoms with Crippen molar-refractivity contribution in [2.24, 2.45) is 0 Å². The van der Waals surface area contributed by atoms with E-state index >= 15 is 0 Å². The highest BCUT2D eigenvalue weighted by atomic mass is 19.1. The van der Waals surface area contributed by atoms with Crippen LogP contribution in [0, 0.1) is 17.1 Å². The Hall–Kier alpha value is -1.44. The lowest BCUT2D eigenvalue weighted by atomic mass is 9.80. The van der Waals surface area contributed by atoms with Crippen LogP contribution in [0.15, 0.2) is 18.2 Å². The molecule has 0 aromatic heterocycles. The molecule has 1 aromatic rings. The zero-order chi connectivity index (χ0) is 13.0. The predicted octanol–water partition coefficient (Wildman–Crippen LogP) is 2.36. The summed E-state index contributed by atoms with van der Waals surface area (Å²) in [5.41, 5.74) is 0.881. The van der Waals surface area contributed by atoms with Crippen molar-refractivity contribution in [2.75, 3.05) is 13.7 Å². The summed E-state index contributed by atoms with van der Waals surface area (Å²) < 4.78 is 19.1. The molecule has 0 bridgehead atoms. The highest BCUT2D eigenvalue weighted by Crippen LogP contribution is 2.34. The second-order valence-corrected chi connectivity index (χ2v) is 4.76. The molecule has 1 saturated carbocycles. The molecule has 0 unspecified atom stereocenters. The molecule has 1 aromatic carbocycles. The average molecular weight is 248 g/mol. The van der Waals surface area contributed by atoms with Crippen LogP contribution in [0.3, 0.4) is 0 Å². The molecule has 0 aliphatic heterocycles. The van der Waals surface area contributed by atoms with Crippen LogP contribution in [0.25, 0.3) is 0 Å². The molecule has 1 N–H and O–H groups in total. The molecule has 0 atom stereocenters. The molecule has 2 rings (SSSR count). The lowest BCUT2D eigenvalue weighted by Crippen LogP contribution is -2.47. The van der Waals surface area contributed by atoms with Crippen LogP contribution in [0.4, 0.5) is 4.39 Å². The third-order valence-corrected chi connectivity index (χ3v) is 3.64. The summed E-state index contributed by atoms with van der Waals surface area (Å²) in [6, 6.07) is 6.48. The molecule has 0 saturated heterocycles. The first kappa shape index (κ1) is 13.0. The zero-order valence-electron chi connectivity index (χ0n) is 10.5. The van der Waals surface area contributed by atoms with Gasteiger partial charge < -0.3 is 10.1 Å². The minimum atomic E-state index is -0.332. The quantitative estimate of drug-likeness (QED) is 0.870. The monoisotopic (exact) mass is 248 g/mol. The van der Waals surface area contributed by atoms with Crippen LogP contribution in [0.1, 0.15) is 30.4 Å². The van der Waals surface area contributed by atoms with Crippen molar-refractivity contribution in [1.82, 2.24) is 5.32 Å². The van der Waals surface area contributed by atoms with E-state index in [1.807, 2.05) is 6.07 Å². The van der Waals surface area contributed by atoms with Gasteiger partial charge in [0, 0.05) is 25.8 Å². The number of rotatable bonds is 5. The summed E-state index contributed by atoms with van der Waals surface area (Å²) >= 11 is 0. The lowest BCUT2D eigenvalue weighted by Gasteiger charge is -2.40. The maximum absolute atomic E-state index is 13.6.